The zero-order valence-electron chi connectivity index (χ0n) is 11.5. The van der Waals surface area contributed by atoms with Gasteiger partial charge in [0.2, 0.25) is 11.7 Å². The molecule has 0 spiro atoms. The SMILES string of the molecule is CCOc1c(-c2nnc(NC)n2C)cccc1[N+](=O)[O-]. The first-order chi connectivity index (χ1) is 9.60. The largest absolute Gasteiger partial charge is 0.487 e. The molecule has 1 aromatic carbocycles. The van der Waals surface area contributed by atoms with Gasteiger partial charge in [-0.2, -0.15) is 0 Å². The van der Waals surface area contributed by atoms with E-state index in [0.717, 1.165) is 0 Å². The Bertz CT molecular complexity index is 638. The van der Waals surface area contributed by atoms with Crippen molar-refractivity contribution in [3.63, 3.8) is 0 Å². The molecule has 20 heavy (non-hydrogen) atoms. The third kappa shape index (κ3) is 2.27. The van der Waals surface area contributed by atoms with Crippen molar-refractivity contribution < 1.29 is 9.66 Å². The van der Waals surface area contributed by atoms with E-state index in [1.807, 2.05) is 0 Å². The summed E-state index contributed by atoms with van der Waals surface area (Å²) in [5.41, 5.74) is 0.455. The lowest BCUT2D eigenvalue weighted by molar-refractivity contribution is -0.385. The van der Waals surface area contributed by atoms with Crippen molar-refractivity contribution in [3.8, 4) is 17.1 Å². The van der Waals surface area contributed by atoms with E-state index in [0.29, 0.717) is 23.9 Å². The van der Waals surface area contributed by atoms with E-state index in [1.165, 1.54) is 6.07 Å². The molecule has 0 fully saturated rings. The van der Waals surface area contributed by atoms with Gasteiger partial charge in [-0.25, -0.2) is 0 Å². The number of nitro benzene ring substituents is 1. The van der Waals surface area contributed by atoms with Crippen LogP contribution in [0.25, 0.3) is 11.4 Å². The molecule has 0 atom stereocenters. The molecule has 0 bridgehead atoms. The molecule has 0 aliphatic heterocycles. The van der Waals surface area contributed by atoms with Gasteiger partial charge in [0.25, 0.3) is 0 Å². The number of aromatic nitrogens is 3. The molecule has 0 amide bonds. The molecular formula is C12H15N5O3. The Balaban J connectivity index is 2.63. The number of para-hydroxylation sites is 1. The van der Waals surface area contributed by atoms with Crippen LogP contribution in [0, 0.1) is 10.1 Å². The third-order valence-electron chi connectivity index (χ3n) is 2.82. The maximum absolute atomic E-state index is 11.1. The number of rotatable bonds is 5. The minimum absolute atomic E-state index is 0.0849. The van der Waals surface area contributed by atoms with E-state index < -0.39 is 4.92 Å². The Kier molecular flexibility index (Phi) is 3.83. The maximum Gasteiger partial charge on any atom is 0.311 e. The topological polar surface area (TPSA) is 95.1 Å². The highest BCUT2D eigenvalue weighted by molar-refractivity contribution is 5.71. The van der Waals surface area contributed by atoms with Gasteiger partial charge in [-0.1, -0.05) is 6.07 Å². The second kappa shape index (κ2) is 5.55. The molecule has 1 aromatic heterocycles. The molecule has 106 valence electrons. The fourth-order valence-electron chi connectivity index (χ4n) is 1.92. The molecule has 2 aromatic rings. The highest BCUT2D eigenvalue weighted by Crippen LogP contribution is 2.37. The van der Waals surface area contributed by atoms with Gasteiger partial charge in [0.15, 0.2) is 5.82 Å². The van der Waals surface area contributed by atoms with Gasteiger partial charge in [0, 0.05) is 20.2 Å². The van der Waals surface area contributed by atoms with Gasteiger partial charge in [-0.3, -0.25) is 14.7 Å². The molecule has 0 saturated heterocycles. The van der Waals surface area contributed by atoms with Crippen molar-refractivity contribution in [2.75, 3.05) is 19.0 Å². The van der Waals surface area contributed by atoms with Gasteiger partial charge in [-0.15, -0.1) is 10.2 Å². The lowest BCUT2D eigenvalue weighted by Gasteiger charge is -2.10. The summed E-state index contributed by atoms with van der Waals surface area (Å²) in [4.78, 5) is 10.6. The minimum Gasteiger partial charge on any atom is -0.487 e. The maximum atomic E-state index is 11.1. The number of benzene rings is 1. The first-order valence-corrected chi connectivity index (χ1v) is 6.07. The van der Waals surface area contributed by atoms with Crippen molar-refractivity contribution in [2.24, 2.45) is 7.05 Å². The lowest BCUT2D eigenvalue weighted by Crippen LogP contribution is -2.03. The first kappa shape index (κ1) is 13.8. The van der Waals surface area contributed by atoms with E-state index >= 15 is 0 Å². The second-order valence-electron chi connectivity index (χ2n) is 4.00. The predicted octanol–water partition coefficient (Wildman–Crippen LogP) is 1.83. The Morgan fingerprint density at radius 1 is 1.45 bits per heavy atom. The normalized spacial score (nSPS) is 10.3. The summed E-state index contributed by atoms with van der Waals surface area (Å²) < 4.78 is 7.15. The molecule has 0 unspecified atom stereocenters. The Morgan fingerprint density at radius 2 is 2.20 bits per heavy atom. The third-order valence-corrected chi connectivity index (χ3v) is 2.82. The number of nitrogens with one attached hydrogen (secondary N) is 1. The molecule has 0 radical (unpaired) electrons. The van der Waals surface area contributed by atoms with Crippen molar-refractivity contribution in [1.82, 2.24) is 14.8 Å². The summed E-state index contributed by atoms with van der Waals surface area (Å²) in [7, 11) is 3.50. The number of nitro groups is 1. The molecule has 1 N–H and O–H groups in total. The van der Waals surface area contributed by atoms with Gasteiger partial charge < -0.3 is 10.1 Å². The molecule has 0 saturated carbocycles. The first-order valence-electron chi connectivity index (χ1n) is 6.07. The van der Waals surface area contributed by atoms with Crippen LogP contribution in [0.2, 0.25) is 0 Å². The van der Waals surface area contributed by atoms with Crippen LogP contribution in [-0.4, -0.2) is 33.3 Å². The molecule has 8 heteroatoms. The average molecular weight is 277 g/mol. The van der Waals surface area contributed by atoms with Crippen LogP contribution >= 0.6 is 0 Å². The number of hydrogen-bond acceptors (Lipinski definition) is 6. The fourth-order valence-corrected chi connectivity index (χ4v) is 1.92. The van der Waals surface area contributed by atoms with Crippen molar-refractivity contribution >= 4 is 11.6 Å². The predicted molar refractivity (Wildman–Crippen MR) is 73.8 cm³/mol. The van der Waals surface area contributed by atoms with Crippen LogP contribution in [0.3, 0.4) is 0 Å². The van der Waals surface area contributed by atoms with Crippen LogP contribution in [0.5, 0.6) is 5.75 Å². The van der Waals surface area contributed by atoms with Crippen LogP contribution in [0.1, 0.15) is 6.92 Å². The van der Waals surface area contributed by atoms with Crippen LogP contribution in [0.4, 0.5) is 11.6 Å². The van der Waals surface area contributed by atoms with Crippen molar-refractivity contribution in [1.29, 1.82) is 0 Å². The van der Waals surface area contributed by atoms with Crippen LogP contribution in [-0.2, 0) is 7.05 Å². The standard InChI is InChI=1S/C12H15N5O3/c1-4-20-10-8(6-5-7-9(10)17(18)19)11-14-15-12(13-2)16(11)3/h5-7H,4H2,1-3H3,(H,13,15). The van der Waals surface area contributed by atoms with Crippen LogP contribution in [0.15, 0.2) is 18.2 Å². The van der Waals surface area contributed by atoms with Gasteiger partial charge in [-0.05, 0) is 13.0 Å². The summed E-state index contributed by atoms with van der Waals surface area (Å²) in [6.07, 6.45) is 0. The number of hydrogen-bond donors (Lipinski definition) is 1. The highest BCUT2D eigenvalue weighted by Gasteiger charge is 2.23. The lowest BCUT2D eigenvalue weighted by atomic mass is 10.1. The van der Waals surface area contributed by atoms with E-state index in [9.17, 15) is 10.1 Å². The summed E-state index contributed by atoms with van der Waals surface area (Å²) in [6.45, 7) is 2.10. The van der Waals surface area contributed by atoms with E-state index in [2.05, 4.69) is 15.5 Å². The van der Waals surface area contributed by atoms with Crippen molar-refractivity contribution in [3.05, 3.63) is 28.3 Å². The molecular weight excluding hydrogens is 262 g/mol. The fraction of sp³-hybridized carbons (Fsp3) is 0.333. The summed E-state index contributed by atoms with van der Waals surface area (Å²) in [6, 6.07) is 4.73. The van der Waals surface area contributed by atoms with Crippen molar-refractivity contribution in [2.45, 2.75) is 6.92 Å². The molecule has 8 nitrogen and oxygen atoms in total. The smallest absolute Gasteiger partial charge is 0.311 e. The van der Waals surface area contributed by atoms with Gasteiger partial charge in [0.1, 0.15) is 0 Å². The number of nitrogens with zero attached hydrogens (tertiary/aromatic N) is 4. The quantitative estimate of drug-likeness (QED) is 0.661. The van der Waals surface area contributed by atoms with E-state index in [4.69, 9.17) is 4.74 Å². The monoisotopic (exact) mass is 277 g/mol. The number of ether oxygens (including phenoxy) is 1. The zero-order valence-corrected chi connectivity index (χ0v) is 11.5. The average Bonchev–Trinajstić information content (AvgIpc) is 2.80. The molecule has 2 rings (SSSR count). The molecule has 0 aliphatic rings. The summed E-state index contributed by atoms with van der Waals surface area (Å²) in [5.74, 6) is 1.27. The van der Waals surface area contributed by atoms with E-state index in [1.54, 1.807) is 37.7 Å². The molecule has 0 aliphatic carbocycles. The Hall–Kier alpha value is -2.64. The van der Waals surface area contributed by atoms with Crippen LogP contribution < -0.4 is 10.1 Å². The minimum atomic E-state index is -0.468. The van der Waals surface area contributed by atoms with Gasteiger partial charge >= 0.3 is 5.69 Å². The zero-order chi connectivity index (χ0) is 14.7. The Morgan fingerprint density at radius 3 is 2.75 bits per heavy atom. The Labute approximate surface area is 115 Å². The summed E-state index contributed by atoms with van der Waals surface area (Å²) >= 11 is 0. The highest BCUT2D eigenvalue weighted by atomic mass is 16.6. The number of anilines is 1. The second-order valence-corrected chi connectivity index (χ2v) is 4.00. The van der Waals surface area contributed by atoms with Gasteiger partial charge in [0.05, 0.1) is 17.1 Å². The molecule has 1 heterocycles. The summed E-state index contributed by atoms with van der Waals surface area (Å²) in [5, 5.41) is 22.0. The van der Waals surface area contributed by atoms with E-state index in [-0.39, 0.29) is 11.4 Å².